The SMILES string of the molecule is COC(=O)[C@@H](Cl)Cc1cc([N+](=O)[O-])c(O)c([N+](=O)[O-])c1. The quantitative estimate of drug-likeness (QED) is 0.377. The molecule has 9 nitrogen and oxygen atoms in total. The highest BCUT2D eigenvalue weighted by atomic mass is 35.5. The van der Waals surface area contributed by atoms with Crippen LogP contribution in [0.1, 0.15) is 5.56 Å². The van der Waals surface area contributed by atoms with Gasteiger partial charge in [-0.3, -0.25) is 25.0 Å². The summed E-state index contributed by atoms with van der Waals surface area (Å²) in [5, 5.41) is 29.7. The normalized spacial score (nSPS) is 11.7. The highest BCUT2D eigenvalue weighted by Crippen LogP contribution is 2.37. The van der Waals surface area contributed by atoms with Gasteiger partial charge in [-0.2, -0.15) is 0 Å². The van der Waals surface area contributed by atoms with Gasteiger partial charge in [-0.25, -0.2) is 0 Å². The summed E-state index contributed by atoms with van der Waals surface area (Å²) in [6.07, 6.45) is -0.212. The number of carbonyl (C=O) groups excluding carboxylic acids is 1. The third-order valence-electron chi connectivity index (χ3n) is 2.39. The van der Waals surface area contributed by atoms with E-state index in [2.05, 4.69) is 4.74 Å². The van der Waals surface area contributed by atoms with Crippen molar-refractivity contribution in [3.63, 3.8) is 0 Å². The molecule has 0 radical (unpaired) electrons. The van der Waals surface area contributed by atoms with Gasteiger partial charge in [0.2, 0.25) is 0 Å². The first-order chi connectivity index (χ1) is 9.27. The molecule has 0 aromatic heterocycles. The van der Waals surface area contributed by atoms with Crippen LogP contribution in [0.25, 0.3) is 0 Å². The first kappa shape index (κ1) is 15.6. The first-order valence-corrected chi connectivity index (χ1v) is 5.58. The molecule has 0 amide bonds. The third-order valence-corrected chi connectivity index (χ3v) is 2.73. The summed E-state index contributed by atoms with van der Waals surface area (Å²) in [7, 11) is 1.11. The molecule has 1 rings (SSSR count). The van der Waals surface area contributed by atoms with E-state index in [1.165, 1.54) is 0 Å². The minimum absolute atomic E-state index is 0.0617. The lowest BCUT2D eigenvalue weighted by Gasteiger charge is -2.07. The number of benzene rings is 1. The molecule has 20 heavy (non-hydrogen) atoms. The minimum Gasteiger partial charge on any atom is -0.497 e. The number of esters is 1. The van der Waals surface area contributed by atoms with E-state index in [0.717, 1.165) is 19.2 Å². The van der Waals surface area contributed by atoms with Crippen LogP contribution < -0.4 is 0 Å². The smallest absolute Gasteiger partial charge is 0.324 e. The van der Waals surface area contributed by atoms with Crippen LogP contribution in [0.5, 0.6) is 5.75 Å². The number of hydrogen-bond donors (Lipinski definition) is 1. The molecule has 0 unspecified atom stereocenters. The molecule has 0 spiro atoms. The van der Waals surface area contributed by atoms with Crippen LogP contribution in [-0.4, -0.2) is 33.4 Å². The van der Waals surface area contributed by atoms with Crippen LogP contribution in [0, 0.1) is 20.2 Å². The van der Waals surface area contributed by atoms with Crippen LogP contribution in [-0.2, 0) is 16.0 Å². The molecule has 0 aliphatic rings. The maximum atomic E-state index is 11.1. The summed E-state index contributed by atoms with van der Waals surface area (Å²) in [5.41, 5.74) is -1.60. The zero-order chi connectivity index (χ0) is 15.4. The van der Waals surface area contributed by atoms with E-state index in [4.69, 9.17) is 11.6 Å². The number of nitro groups is 2. The van der Waals surface area contributed by atoms with Crippen molar-refractivity contribution in [3.8, 4) is 5.75 Å². The standard InChI is InChI=1S/C10H9ClN2O7/c1-20-10(15)6(11)2-5-3-7(12(16)17)9(14)8(4-5)13(18)19/h3-4,6,14H,2H2,1H3/t6-/m0/s1. The van der Waals surface area contributed by atoms with Gasteiger partial charge in [0.25, 0.3) is 5.75 Å². The maximum absolute atomic E-state index is 11.1. The number of methoxy groups -OCH3 is 1. The Hall–Kier alpha value is -2.42. The largest absolute Gasteiger partial charge is 0.497 e. The Bertz CT molecular complexity index is 540. The number of aromatic hydroxyl groups is 1. The minimum atomic E-state index is -1.15. The van der Waals surface area contributed by atoms with E-state index in [1.807, 2.05) is 0 Å². The number of nitrogens with zero attached hydrogens (tertiary/aromatic N) is 2. The van der Waals surface area contributed by atoms with Crippen LogP contribution >= 0.6 is 11.6 Å². The second kappa shape index (κ2) is 6.15. The van der Waals surface area contributed by atoms with Crippen molar-refractivity contribution in [2.45, 2.75) is 11.8 Å². The van der Waals surface area contributed by atoms with Crippen molar-refractivity contribution in [1.82, 2.24) is 0 Å². The Morgan fingerprint density at radius 1 is 1.35 bits per heavy atom. The van der Waals surface area contributed by atoms with Crippen molar-refractivity contribution in [2.24, 2.45) is 0 Å². The number of halogens is 1. The van der Waals surface area contributed by atoms with Crippen LogP contribution in [0.15, 0.2) is 12.1 Å². The van der Waals surface area contributed by atoms with Crippen molar-refractivity contribution < 1.29 is 24.5 Å². The lowest BCUT2D eigenvalue weighted by Crippen LogP contribution is -2.18. The van der Waals surface area contributed by atoms with E-state index >= 15 is 0 Å². The van der Waals surface area contributed by atoms with Gasteiger partial charge in [0, 0.05) is 12.1 Å². The van der Waals surface area contributed by atoms with Crippen molar-refractivity contribution in [2.75, 3.05) is 7.11 Å². The average Bonchev–Trinajstić information content (AvgIpc) is 2.38. The molecule has 10 heteroatoms. The summed E-state index contributed by atoms with van der Waals surface area (Å²) < 4.78 is 4.38. The van der Waals surface area contributed by atoms with E-state index in [0.29, 0.717) is 0 Å². The number of phenols is 1. The van der Waals surface area contributed by atoms with E-state index in [9.17, 15) is 30.1 Å². The molecule has 0 saturated heterocycles. The molecule has 1 aromatic rings. The monoisotopic (exact) mass is 304 g/mol. The maximum Gasteiger partial charge on any atom is 0.324 e. The van der Waals surface area contributed by atoms with Gasteiger partial charge in [0.1, 0.15) is 5.38 Å². The lowest BCUT2D eigenvalue weighted by molar-refractivity contribution is -0.396. The number of hydrogen-bond acceptors (Lipinski definition) is 7. The predicted molar refractivity (Wildman–Crippen MR) is 66.8 cm³/mol. The number of carbonyl (C=O) groups is 1. The van der Waals surface area contributed by atoms with Gasteiger partial charge in [-0.05, 0) is 12.0 Å². The molecule has 0 bridgehead atoms. The highest BCUT2D eigenvalue weighted by Gasteiger charge is 2.27. The Morgan fingerprint density at radius 2 is 1.80 bits per heavy atom. The molecule has 1 atom stereocenters. The van der Waals surface area contributed by atoms with E-state index < -0.39 is 38.3 Å². The number of rotatable bonds is 5. The Morgan fingerprint density at radius 3 is 2.15 bits per heavy atom. The van der Waals surface area contributed by atoms with Crippen molar-refractivity contribution >= 4 is 28.9 Å². The van der Waals surface area contributed by atoms with E-state index in [-0.39, 0.29) is 12.0 Å². The summed E-state index contributed by atoms with van der Waals surface area (Å²) in [6.45, 7) is 0. The summed E-state index contributed by atoms with van der Waals surface area (Å²) in [5.74, 6) is -1.82. The summed E-state index contributed by atoms with van der Waals surface area (Å²) >= 11 is 5.69. The van der Waals surface area contributed by atoms with Crippen LogP contribution in [0.4, 0.5) is 11.4 Å². The topological polar surface area (TPSA) is 133 Å². The number of phenolic OH excluding ortho intramolecular Hbond substituents is 1. The van der Waals surface area contributed by atoms with Gasteiger partial charge in [-0.1, -0.05) is 0 Å². The molecule has 1 N–H and O–H groups in total. The molecule has 1 aromatic carbocycles. The molecule has 108 valence electrons. The molecule has 0 aliphatic heterocycles. The van der Waals surface area contributed by atoms with Gasteiger partial charge >= 0.3 is 17.3 Å². The van der Waals surface area contributed by atoms with Gasteiger partial charge in [0.05, 0.1) is 17.0 Å². The van der Waals surface area contributed by atoms with Gasteiger partial charge in [-0.15, -0.1) is 11.6 Å². The molecule has 0 heterocycles. The van der Waals surface area contributed by atoms with Crippen molar-refractivity contribution in [3.05, 3.63) is 37.9 Å². The van der Waals surface area contributed by atoms with E-state index in [1.54, 1.807) is 0 Å². The Labute approximate surface area is 117 Å². The zero-order valence-corrected chi connectivity index (χ0v) is 10.9. The van der Waals surface area contributed by atoms with Gasteiger partial charge < -0.3 is 9.84 Å². The Balaban J connectivity index is 3.24. The zero-order valence-electron chi connectivity index (χ0n) is 10.1. The lowest BCUT2D eigenvalue weighted by atomic mass is 10.1. The fourth-order valence-electron chi connectivity index (χ4n) is 1.48. The Kier molecular flexibility index (Phi) is 4.81. The predicted octanol–water partition coefficient (Wildman–Crippen LogP) is 1.53. The third kappa shape index (κ3) is 3.32. The van der Waals surface area contributed by atoms with Gasteiger partial charge in [0.15, 0.2) is 0 Å². The summed E-state index contributed by atoms with van der Waals surface area (Å²) in [4.78, 5) is 30.7. The fourth-order valence-corrected chi connectivity index (χ4v) is 1.74. The van der Waals surface area contributed by atoms with Crippen molar-refractivity contribution in [1.29, 1.82) is 0 Å². The number of ether oxygens (including phenoxy) is 1. The number of alkyl halides is 1. The number of nitro benzene ring substituents is 2. The summed E-state index contributed by atoms with van der Waals surface area (Å²) in [6, 6.07) is 1.83. The highest BCUT2D eigenvalue weighted by molar-refractivity contribution is 6.30. The molecule has 0 aliphatic carbocycles. The van der Waals surface area contributed by atoms with Crippen LogP contribution in [0.3, 0.4) is 0 Å². The second-order valence-corrected chi connectivity index (χ2v) is 4.22. The molecular weight excluding hydrogens is 296 g/mol. The molecular formula is C10H9ClN2O7. The molecule has 0 saturated carbocycles. The molecule has 0 fully saturated rings. The van der Waals surface area contributed by atoms with Crippen LogP contribution in [0.2, 0.25) is 0 Å². The fraction of sp³-hybridized carbons (Fsp3) is 0.300. The second-order valence-electron chi connectivity index (χ2n) is 3.69. The average molecular weight is 305 g/mol. The first-order valence-electron chi connectivity index (χ1n) is 5.14.